The van der Waals surface area contributed by atoms with Crippen molar-refractivity contribution in [3.05, 3.63) is 42.0 Å². The Morgan fingerprint density at radius 3 is 2.03 bits per heavy atom. The normalized spacial score (nSPS) is 14.3. The van der Waals surface area contributed by atoms with E-state index >= 15 is 0 Å². The van der Waals surface area contributed by atoms with E-state index in [2.05, 4.69) is 20.8 Å². The first-order chi connectivity index (χ1) is 13.3. The van der Waals surface area contributed by atoms with E-state index in [1.807, 2.05) is 64.1 Å². The molecule has 0 aliphatic carbocycles. The quantitative estimate of drug-likeness (QED) is 0.417. The van der Waals surface area contributed by atoms with Crippen molar-refractivity contribution in [1.82, 2.24) is 0 Å². The average molecular weight is 399 g/mol. The van der Waals surface area contributed by atoms with Crippen molar-refractivity contribution < 1.29 is 19.1 Å². The van der Waals surface area contributed by atoms with Gasteiger partial charge in [0.1, 0.15) is 11.4 Å². The average Bonchev–Trinajstić information content (AvgIpc) is 2.58. The molecule has 0 aromatic heterocycles. The molecule has 158 valence electrons. The highest BCUT2D eigenvalue weighted by Crippen LogP contribution is 2.38. The van der Waals surface area contributed by atoms with Crippen LogP contribution in [0.2, 0.25) is 0 Å². The number of hydrogen-bond acceptors (Lipinski definition) is 4. The number of benzene rings is 2. The Kier molecular flexibility index (Phi) is 6.46. The topological polar surface area (TPSA) is 52.6 Å². The fourth-order valence-corrected chi connectivity index (χ4v) is 3.82. The summed E-state index contributed by atoms with van der Waals surface area (Å²) in [5.41, 5.74) is -0.279. The molecule has 4 heteroatoms. The lowest BCUT2D eigenvalue weighted by Gasteiger charge is -2.32. The maximum atomic E-state index is 12.9. The molecule has 0 saturated heterocycles. The maximum Gasteiger partial charge on any atom is 0.317 e. The molecule has 29 heavy (non-hydrogen) atoms. The second kappa shape index (κ2) is 8.17. The van der Waals surface area contributed by atoms with E-state index in [9.17, 15) is 9.59 Å². The third kappa shape index (κ3) is 5.81. The van der Waals surface area contributed by atoms with Gasteiger partial charge in [0.25, 0.3) is 0 Å². The predicted molar refractivity (Wildman–Crippen MR) is 117 cm³/mol. The van der Waals surface area contributed by atoms with E-state index < -0.39 is 11.0 Å². The number of rotatable bonds is 6. The van der Waals surface area contributed by atoms with Crippen molar-refractivity contribution in [3.63, 3.8) is 0 Å². The first-order valence-corrected chi connectivity index (χ1v) is 10.2. The summed E-state index contributed by atoms with van der Waals surface area (Å²) in [6.45, 7) is 15.6. The Morgan fingerprint density at radius 1 is 0.897 bits per heavy atom. The number of fused-ring (bicyclic) bond motifs is 1. The van der Waals surface area contributed by atoms with Crippen molar-refractivity contribution in [3.8, 4) is 5.75 Å². The summed E-state index contributed by atoms with van der Waals surface area (Å²) >= 11 is 0. The second-order valence-electron chi connectivity index (χ2n) is 9.87. The Bertz CT molecular complexity index is 905. The summed E-state index contributed by atoms with van der Waals surface area (Å²) < 4.78 is 11.2. The molecule has 0 aliphatic rings. The molecule has 0 N–H and O–H groups in total. The summed E-state index contributed by atoms with van der Waals surface area (Å²) in [5.74, 6) is 0.0385. The third-order valence-corrected chi connectivity index (χ3v) is 5.31. The standard InChI is InChI=1S/C25H34O4/c1-9-25(8,16-23(3,4)5)22(27)28-21-13-11-18-14-20(12-10-19(18)15-21)24(6,7)29-17(2)26/h10-15H,9,16H2,1-8H3. The van der Waals surface area contributed by atoms with Crippen LogP contribution < -0.4 is 4.74 Å². The summed E-state index contributed by atoms with van der Waals surface area (Å²) in [6.07, 6.45) is 1.49. The molecule has 1 unspecified atom stereocenters. The van der Waals surface area contributed by atoms with Gasteiger partial charge in [0.15, 0.2) is 0 Å². The molecule has 0 bridgehead atoms. The third-order valence-electron chi connectivity index (χ3n) is 5.31. The highest BCUT2D eigenvalue weighted by atomic mass is 16.6. The summed E-state index contributed by atoms with van der Waals surface area (Å²) in [6, 6.07) is 11.5. The minimum atomic E-state index is -0.707. The molecule has 0 spiro atoms. The van der Waals surface area contributed by atoms with Crippen LogP contribution in [0.3, 0.4) is 0 Å². The van der Waals surface area contributed by atoms with E-state index in [0.29, 0.717) is 5.75 Å². The lowest BCUT2D eigenvalue weighted by atomic mass is 9.73. The fourth-order valence-electron chi connectivity index (χ4n) is 3.82. The Morgan fingerprint density at radius 2 is 1.48 bits per heavy atom. The van der Waals surface area contributed by atoms with Crippen LogP contribution in [-0.2, 0) is 19.9 Å². The highest BCUT2D eigenvalue weighted by molar-refractivity contribution is 5.86. The van der Waals surface area contributed by atoms with Crippen molar-refractivity contribution in [2.75, 3.05) is 0 Å². The van der Waals surface area contributed by atoms with Gasteiger partial charge >= 0.3 is 11.9 Å². The minimum Gasteiger partial charge on any atom is -0.455 e. The van der Waals surface area contributed by atoms with E-state index in [-0.39, 0.29) is 17.4 Å². The maximum absolute atomic E-state index is 12.9. The van der Waals surface area contributed by atoms with Crippen LogP contribution in [0.4, 0.5) is 0 Å². The lowest BCUT2D eigenvalue weighted by molar-refractivity contribution is -0.154. The Balaban J connectivity index is 2.27. The van der Waals surface area contributed by atoms with Gasteiger partial charge in [-0.25, -0.2) is 0 Å². The van der Waals surface area contributed by atoms with Gasteiger partial charge < -0.3 is 9.47 Å². The molecule has 0 saturated carbocycles. The largest absolute Gasteiger partial charge is 0.455 e. The highest BCUT2D eigenvalue weighted by Gasteiger charge is 2.37. The fraction of sp³-hybridized carbons (Fsp3) is 0.520. The van der Waals surface area contributed by atoms with Gasteiger partial charge in [-0.3, -0.25) is 9.59 Å². The predicted octanol–water partition coefficient (Wildman–Crippen LogP) is 6.40. The zero-order chi connectivity index (χ0) is 22.0. The molecular weight excluding hydrogens is 364 g/mol. The number of carbonyl (C=O) groups is 2. The molecule has 0 radical (unpaired) electrons. The molecule has 2 rings (SSSR count). The smallest absolute Gasteiger partial charge is 0.317 e. The van der Waals surface area contributed by atoms with Crippen LogP contribution in [0.15, 0.2) is 36.4 Å². The van der Waals surface area contributed by atoms with Crippen LogP contribution in [0, 0.1) is 10.8 Å². The number of carbonyl (C=O) groups excluding carboxylic acids is 2. The molecule has 2 aromatic rings. The van der Waals surface area contributed by atoms with Crippen molar-refractivity contribution in [2.24, 2.45) is 10.8 Å². The van der Waals surface area contributed by atoms with Crippen LogP contribution in [0.25, 0.3) is 10.8 Å². The number of ether oxygens (including phenoxy) is 2. The van der Waals surface area contributed by atoms with E-state index in [4.69, 9.17) is 9.47 Å². The molecule has 2 aromatic carbocycles. The minimum absolute atomic E-state index is 0.0400. The van der Waals surface area contributed by atoms with Crippen molar-refractivity contribution in [2.45, 2.75) is 73.8 Å². The molecule has 0 aliphatic heterocycles. The van der Waals surface area contributed by atoms with Crippen LogP contribution in [0.5, 0.6) is 5.75 Å². The lowest BCUT2D eigenvalue weighted by Crippen LogP contribution is -2.35. The molecule has 0 heterocycles. The van der Waals surface area contributed by atoms with Gasteiger partial charge in [-0.05, 0) is 73.6 Å². The van der Waals surface area contributed by atoms with Crippen molar-refractivity contribution >= 4 is 22.7 Å². The van der Waals surface area contributed by atoms with E-state index in [0.717, 1.165) is 29.2 Å². The zero-order valence-electron chi connectivity index (χ0n) is 19.0. The molecule has 4 nitrogen and oxygen atoms in total. The molecule has 1 atom stereocenters. The van der Waals surface area contributed by atoms with Gasteiger partial charge in [-0.2, -0.15) is 0 Å². The van der Waals surface area contributed by atoms with Crippen LogP contribution in [-0.4, -0.2) is 11.9 Å². The first-order valence-electron chi connectivity index (χ1n) is 10.2. The monoisotopic (exact) mass is 398 g/mol. The SMILES string of the molecule is CCC(C)(CC(C)(C)C)C(=O)Oc1ccc2cc(C(C)(C)OC(C)=O)ccc2c1. The molecule has 0 fully saturated rings. The van der Waals surface area contributed by atoms with E-state index in [1.165, 1.54) is 6.92 Å². The Labute approximate surface area is 174 Å². The Hall–Kier alpha value is -2.36. The zero-order valence-corrected chi connectivity index (χ0v) is 19.0. The van der Waals surface area contributed by atoms with Gasteiger partial charge in [-0.1, -0.05) is 45.9 Å². The molecular formula is C25H34O4. The van der Waals surface area contributed by atoms with Crippen LogP contribution >= 0.6 is 0 Å². The van der Waals surface area contributed by atoms with Gasteiger partial charge in [0, 0.05) is 6.92 Å². The van der Waals surface area contributed by atoms with Gasteiger partial charge in [-0.15, -0.1) is 0 Å². The molecule has 0 amide bonds. The van der Waals surface area contributed by atoms with Gasteiger partial charge in [0.05, 0.1) is 5.41 Å². The number of esters is 2. The summed E-state index contributed by atoms with van der Waals surface area (Å²) in [5, 5.41) is 1.96. The second-order valence-corrected chi connectivity index (χ2v) is 9.87. The van der Waals surface area contributed by atoms with Gasteiger partial charge in [0.2, 0.25) is 0 Å². The summed E-state index contributed by atoms with van der Waals surface area (Å²) in [7, 11) is 0. The van der Waals surface area contributed by atoms with Crippen molar-refractivity contribution in [1.29, 1.82) is 0 Å². The number of hydrogen-bond donors (Lipinski definition) is 0. The van der Waals surface area contributed by atoms with Crippen LogP contribution in [0.1, 0.15) is 73.8 Å². The first kappa shape index (κ1) is 22.9. The summed E-state index contributed by atoms with van der Waals surface area (Å²) in [4.78, 5) is 24.3. The van der Waals surface area contributed by atoms with E-state index in [1.54, 1.807) is 0 Å².